The fraction of sp³-hybridized carbons (Fsp3) is 0.548. The van der Waals surface area contributed by atoms with E-state index in [1.54, 1.807) is 13.2 Å². The second-order valence-electron chi connectivity index (χ2n) is 12.0. The fourth-order valence-corrected chi connectivity index (χ4v) is 6.71. The number of nitrogens with zero attached hydrogens (tertiary/aromatic N) is 1. The van der Waals surface area contributed by atoms with Crippen LogP contribution >= 0.6 is 15.9 Å². The highest BCUT2D eigenvalue weighted by atomic mass is 79.9. The molecule has 206 valence electrons. The van der Waals surface area contributed by atoms with Crippen LogP contribution in [0.15, 0.2) is 51.8 Å². The first-order valence-electron chi connectivity index (χ1n) is 13.4. The average Bonchev–Trinajstić information content (AvgIpc) is 2.80. The van der Waals surface area contributed by atoms with E-state index in [1.165, 1.54) is 0 Å². The Kier molecular flexibility index (Phi) is 8.29. The summed E-state index contributed by atoms with van der Waals surface area (Å²) in [6.45, 7) is 16.2. The predicted octanol–water partition coefficient (Wildman–Crippen LogP) is 6.74. The quantitative estimate of drug-likeness (QED) is 0.299. The molecule has 6 nitrogen and oxygen atoms in total. The summed E-state index contributed by atoms with van der Waals surface area (Å²) in [5.41, 5.74) is 4.05. The highest BCUT2D eigenvalue weighted by molar-refractivity contribution is 9.10. The third kappa shape index (κ3) is 5.50. The Bertz CT molecular complexity index is 1150. The number of halogens is 1. The lowest BCUT2D eigenvalue weighted by Crippen LogP contribution is -2.45. The summed E-state index contributed by atoms with van der Waals surface area (Å²) in [4.78, 5) is 30.1. The van der Waals surface area contributed by atoms with Gasteiger partial charge < -0.3 is 19.1 Å². The largest absolute Gasteiger partial charge is 0.490 e. The van der Waals surface area contributed by atoms with Crippen molar-refractivity contribution in [1.29, 1.82) is 0 Å². The van der Waals surface area contributed by atoms with Gasteiger partial charge in [0, 0.05) is 55.0 Å². The number of methoxy groups -OCH3 is 1. The van der Waals surface area contributed by atoms with Gasteiger partial charge in [0.1, 0.15) is 6.61 Å². The first-order valence-corrected chi connectivity index (χ1v) is 14.2. The standard InChI is InChI=1S/C31H40BrNO5/c1-8-11-38-29-20(32)13-19(14-25(29)37-9-2)26-27-21(15-30(3,4)17-23(27)34)33(10-12-36-7)22-16-31(5,6)18-24(35)28(22)26/h8,13-14,26H,1,9-12,15-18H2,2-7H3. The van der Waals surface area contributed by atoms with Crippen molar-refractivity contribution in [2.75, 3.05) is 33.5 Å². The van der Waals surface area contributed by atoms with Gasteiger partial charge in [-0.1, -0.05) is 40.3 Å². The van der Waals surface area contributed by atoms with E-state index in [0.29, 0.717) is 50.7 Å². The average molecular weight is 587 g/mol. The summed E-state index contributed by atoms with van der Waals surface area (Å²) in [6.07, 6.45) is 4.11. The van der Waals surface area contributed by atoms with E-state index in [9.17, 15) is 9.59 Å². The molecule has 0 saturated carbocycles. The smallest absolute Gasteiger partial charge is 0.175 e. The van der Waals surface area contributed by atoms with Crippen LogP contribution in [0.2, 0.25) is 0 Å². The molecule has 1 aliphatic heterocycles. The van der Waals surface area contributed by atoms with E-state index < -0.39 is 5.92 Å². The van der Waals surface area contributed by atoms with E-state index in [4.69, 9.17) is 14.2 Å². The molecule has 1 heterocycles. The maximum Gasteiger partial charge on any atom is 0.175 e. The first kappa shape index (κ1) is 28.6. The van der Waals surface area contributed by atoms with Crippen LogP contribution in [0, 0.1) is 10.8 Å². The molecule has 0 radical (unpaired) electrons. The van der Waals surface area contributed by atoms with Gasteiger partial charge in [0.15, 0.2) is 23.1 Å². The van der Waals surface area contributed by atoms with E-state index >= 15 is 0 Å². The molecule has 0 unspecified atom stereocenters. The van der Waals surface area contributed by atoms with Crippen LogP contribution in [0.5, 0.6) is 11.5 Å². The molecule has 2 aliphatic carbocycles. The summed E-state index contributed by atoms with van der Waals surface area (Å²) < 4.78 is 18.1. The van der Waals surface area contributed by atoms with Gasteiger partial charge in [0.05, 0.1) is 17.7 Å². The maximum absolute atomic E-state index is 13.9. The van der Waals surface area contributed by atoms with Crippen molar-refractivity contribution in [3.63, 3.8) is 0 Å². The number of ether oxygens (including phenoxy) is 3. The number of allylic oxidation sites excluding steroid dienone is 4. The lowest BCUT2D eigenvalue weighted by molar-refractivity contribution is -0.119. The van der Waals surface area contributed by atoms with Crippen molar-refractivity contribution in [3.8, 4) is 11.5 Å². The van der Waals surface area contributed by atoms with Crippen LogP contribution in [-0.2, 0) is 14.3 Å². The summed E-state index contributed by atoms with van der Waals surface area (Å²) >= 11 is 3.69. The minimum Gasteiger partial charge on any atom is -0.490 e. The van der Waals surface area contributed by atoms with Gasteiger partial charge in [-0.25, -0.2) is 0 Å². The third-order valence-electron chi connectivity index (χ3n) is 7.55. The van der Waals surface area contributed by atoms with Crippen LogP contribution in [0.3, 0.4) is 0 Å². The Hall–Kier alpha value is -2.38. The van der Waals surface area contributed by atoms with Crippen LogP contribution < -0.4 is 9.47 Å². The SMILES string of the molecule is C=CCOc1c(Br)cc(C2C3=C(CC(C)(C)CC3=O)N(CCOC)C3=C2C(=O)CC(C)(C)C3)cc1OCC. The Labute approximate surface area is 235 Å². The van der Waals surface area contributed by atoms with Crippen LogP contribution in [0.25, 0.3) is 0 Å². The molecule has 0 amide bonds. The number of rotatable bonds is 9. The Morgan fingerprint density at radius 1 is 1.00 bits per heavy atom. The molecular weight excluding hydrogens is 546 g/mol. The van der Waals surface area contributed by atoms with Crippen molar-refractivity contribution in [2.45, 2.75) is 66.2 Å². The van der Waals surface area contributed by atoms with Gasteiger partial charge in [-0.15, -0.1) is 0 Å². The zero-order valence-corrected chi connectivity index (χ0v) is 25.1. The number of carbonyl (C=O) groups excluding carboxylic acids is 2. The summed E-state index contributed by atoms with van der Waals surface area (Å²) in [7, 11) is 1.69. The molecule has 1 aromatic carbocycles. The molecule has 0 aromatic heterocycles. The zero-order chi connectivity index (χ0) is 27.8. The van der Waals surface area contributed by atoms with Crippen molar-refractivity contribution in [3.05, 3.63) is 57.4 Å². The molecule has 0 saturated heterocycles. The first-order chi connectivity index (χ1) is 17.9. The topological polar surface area (TPSA) is 65.1 Å². The third-order valence-corrected chi connectivity index (χ3v) is 8.14. The molecule has 0 bridgehead atoms. The minimum atomic E-state index is -0.449. The summed E-state index contributed by atoms with van der Waals surface area (Å²) in [5, 5.41) is 0. The van der Waals surface area contributed by atoms with Crippen LogP contribution in [0.4, 0.5) is 0 Å². The predicted molar refractivity (Wildman–Crippen MR) is 152 cm³/mol. The second kappa shape index (κ2) is 11.0. The monoisotopic (exact) mass is 585 g/mol. The highest BCUT2D eigenvalue weighted by Crippen LogP contribution is 2.55. The molecule has 0 atom stereocenters. The second-order valence-corrected chi connectivity index (χ2v) is 12.9. The molecule has 1 aromatic rings. The molecule has 0 N–H and O–H groups in total. The van der Waals surface area contributed by atoms with Gasteiger partial charge in [0.25, 0.3) is 0 Å². The Balaban J connectivity index is 1.99. The van der Waals surface area contributed by atoms with Crippen LogP contribution in [-0.4, -0.2) is 49.9 Å². The maximum atomic E-state index is 13.9. The molecule has 3 aliphatic rings. The number of hydrogen-bond donors (Lipinski definition) is 0. The van der Waals surface area contributed by atoms with Crippen LogP contribution in [0.1, 0.15) is 71.8 Å². The van der Waals surface area contributed by atoms with Gasteiger partial charge in [-0.3, -0.25) is 9.59 Å². The molecule has 7 heteroatoms. The van der Waals surface area contributed by atoms with E-state index in [-0.39, 0.29) is 22.4 Å². The van der Waals surface area contributed by atoms with Gasteiger partial charge in [0.2, 0.25) is 0 Å². The lowest BCUT2D eigenvalue weighted by atomic mass is 9.63. The Morgan fingerprint density at radius 2 is 1.58 bits per heavy atom. The number of ketones is 2. The van der Waals surface area contributed by atoms with Crippen molar-refractivity contribution in [2.24, 2.45) is 10.8 Å². The van der Waals surface area contributed by atoms with E-state index in [1.807, 2.05) is 19.1 Å². The highest BCUT2D eigenvalue weighted by Gasteiger charge is 2.49. The fourth-order valence-electron chi connectivity index (χ4n) is 6.13. The number of carbonyl (C=O) groups is 2. The summed E-state index contributed by atoms with van der Waals surface area (Å²) in [5.74, 6) is 0.929. The lowest BCUT2D eigenvalue weighted by Gasteiger charge is -2.49. The number of hydrogen-bond acceptors (Lipinski definition) is 6. The summed E-state index contributed by atoms with van der Waals surface area (Å²) in [6, 6.07) is 3.92. The molecule has 0 fully saturated rings. The van der Waals surface area contributed by atoms with E-state index in [0.717, 1.165) is 45.4 Å². The van der Waals surface area contributed by atoms with Gasteiger partial charge in [-0.2, -0.15) is 0 Å². The van der Waals surface area contributed by atoms with Gasteiger partial charge >= 0.3 is 0 Å². The van der Waals surface area contributed by atoms with Crippen molar-refractivity contribution < 1.29 is 23.8 Å². The minimum absolute atomic E-state index is 0.105. The molecular formula is C31H40BrNO5. The van der Waals surface area contributed by atoms with Crippen molar-refractivity contribution >= 4 is 27.5 Å². The Morgan fingerprint density at radius 3 is 2.08 bits per heavy atom. The van der Waals surface area contributed by atoms with Gasteiger partial charge in [-0.05, 0) is 64.2 Å². The number of Topliss-reactive ketones (excluding diaryl/α,β-unsaturated/α-hetero) is 2. The zero-order valence-electron chi connectivity index (χ0n) is 23.5. The normalized spacial score (nSPS) is 20.9. The molecule has 4 rings (SSSR count). The molecule has 38 heavy (non-hydrogen) atoms. The number of benzene rings is 1. The molecule has 0 spiro atoms. The van der Waals surface area contributed by atoms with E-state index in [2.05, 4.69) is 55.1 Å². The van der Waals surface area contributed by atoms with Crippen molar-refractivity contribution in [1.82, 2.24) is 4.90 Å².